The van der Waals surface area contributed by atoms with Gasteiger partial charge in [0.2, 0.25) is 0 Å². The number of aryl methyl sites for hydroxylation is 2. The summed E-state index contributed by atoms with van der Waals surface area (Å²) in [5, 5.41) is 17.2. The van der Waals surface area contributed by atoms with Crippen molar-refractivity contribution in [2.24, 2.45) is 0 Å². The van der Waals surface area contributed by atoms with Gasteiger partial charge in [-0.15, -0.1) is 10.2 Å². The Kier molecular flexibility index (Phi) is 3.41. The Labute approximate surface area is 105 Å². The molecule has 0 saturated heterocycles. The van der Waals surface area contributed by atoms with Gasteiger partial charge in [0.05, 0.1) is 0 Å². The molecular weight excluding hydrogens is 230 g/mol. The Morgan fingerprint density at radius 2 is 1.78 bits per heavy atom. The van der Waals surface area contributed by atoms with Gasteiger partial charge in [-0.05, 0) is 19.4 Å². The van der Waals surface area contributed by atoms with E-state index in [1.54, 1.807) is 18.4 Å². The van der Waals surface area contributed by atoms with Crippen molar-refractivity contribution < 1.29 is 9.90 Å². The fourth-order valence-corrected chi connectivity index (χ4v) is 2.05. The van der Waals surface area contributed by atoms with Gasteiger partial charge in [0.15, 0.2) is 0 Å². The van der Waals surface area contributed by atoms with Gasteiger partial charge in [-0.25, -0.2) is 4.79 Å². The molecule has 1 heterocycles. The Bertz CT molecular complexity index is 529. The summed E-state index contributed by atoms with van der Waals surface area (Å²) in [4.78, 5) is 11.4. The zero-order chi connectivity index (χ0) is 13.1. The zero-order valence-electron chi connectivity index (χ0n) is 10.4. The van der Waals surface area contributed by atoms with E-state index in [0.29, 0.717) is 18.1 Å². The molecule has 0 spiro atoms. The highest BCUT2D eigenvalue weighted by Gasteiger charge is 2.23. The molecule has 5 heteroatoms. The van der Waals surface area contributed by atoms with Crippen molar-refractivity contribution in [2.45, 2.75) is 26.3 Å². The molecule has 94 valence electrons. The molecule has 0 amide bonds. The van der Waals surface area contributed by atoms with Gasteiger partial charge >= 0.3 is 5.97 Å². The third kappa shape index (κ3) is 2.40. The van der Waals surface area contributed by atoms with Crippen LogP contribution < -0.4 is 0 Å². The lowest BCUT2D eigenvalue weighted by molar-refractivity contribution is -0.141. The second-order valence-electron chi connectivity index (χ2n) is 4.21. The summed E-state index contributed by atoms with van der Waals surface area (Å²) < 4.78 is 1.66. The van der Waals surface area contributed by atoms with Crippen LogP contribution in [0.15, 0.2) is 30.3 Å². The molecule has 1 unspecified atom stereocenters. The highest BCUT2D eigenvalue weighted by atomic mass is 16.4. The third-order valence-corrected chi connectivity index (χ3v) is 2.91. The number of carboxylic acids is 1. The van der Waals surface area contributed by atoms with Crippen LogP contribution in [-0.4, -0.2) is 25.8 Å². The van der Waals surface area contributed by atoms with Gasteiger partial charge in [-0.2, -0.15) is 0 Å². The lowest BCUT2D eigenvalue weighted by Gasteiger charge is -2.16. The molecule has 1 atom stereocenters. The lowest BCUT2D eigenvalue weighted by atomic mass is 10.1. The van der Waals surface area contributed by atoms with Gasteiger partial charge in [0, 0.05) is 6.42 Å². The monoisotopic (exact) mass is 245 g/mol. The van der Waals surface area contributed by atoms with E-state index in [9.17, 15) is 9.90 Å². The maximum atomic E-state index is 11.4. The summed E-state index contributed by atoms with van der Waals surface area (Å²) in [6.07, 6.45) is 0.426. The number of benzene rings is 1. The molecular formula is C13H15N3O2. The van der Waals surface area contributed by atoms with E-state index in [1.807, 2.05) is 30.3 Å². The Morgan fingerprint density at radius 1 is 1.22 bits per heavy atom. The minimum atomic E-state index is -0.871. The molecule has 5 nitrogen and oxygen atoms in total. The average molecular weight is 245 g/mol. The highest BCUT2D eigenvalue weighted by molar-refractivity contribution is 5.72. The topological polar surface area (TPSA) is 68.0 Å². The summed E-state index contributed by atoms with van der Waals surface area (Å²) in [5.41, 5.74) is 0.984. The van der Waals surface area contributed by atoms with E-state index in [0.717, 1.165) is 5.56 Å². The number of rotatable bonds is 4. The number of nitrogens with zero attached hydrogens (tertiary/aromatic N) is 3. The van der Waals surface area contributed by atoms with Gasteiger partial charge in [0.1, 0.15) is 17.7 Å². The Balaban J connectivity index is 2.33. The highest BCUT2D eigenvalue weighted by Crippen LogP contribution is 2.18. The summed E-state index contributed by atoms with van der Waals surface area (Å²) in [6, 6.07) is 8.90. The largest absolute Gasteiger partial charge is 0.480 e. The predicted molar refractivity (Wildman–Crippen MR) is 66.3 cm³/mol. The fraction of sp³-hybridized carbons (Fsp3) is 0.308. The van der Waals surface area contributed by atoms with Crippen LogP contribution in [0.5, 0.6) is 0 Å². The molecule has 1 aromatic carbocycles. The molecule has 1 aromatic heterocycles. The van der Waals surface area contributed by atoms with Gasteiger partial charge in [-0.3, -0.25) is 0 Å². The Hall–Kier alpha value is -2.17. The minimum absolute atomic E-state index is 0.426. The quantitative estimate of drug-likeness (QED) is 0.891. The van der Waals surface area contributed by atoms with Crippen LogP contribution in [-0.2, 0) is 11.2 Å². The molecule has 2 rings (SSSR count). The van der Waals surface area contributed by atoms with Crippen molar-refractivity contribution >= 4 is 5.97 Å². The van der Waals surface area contributed by atoms with Crippen LogP contribution in [0.4, 0.5) is 0 Å². The van der Waals surface area contributed by atoms with Crippen molar-refractivity contribution in [2.75, 3.05) is 0 Å². The van der Waals surface area contributed by atoms with E-state index in [-0.39, 0.29) is 0 Å². The second kappa shape index (κ2) is 5.00. The van der Waals surface area contributed by atoms with E-state index < -0.39 is 12.0 Å². The fourth-order valence-electron chi connectivity index (χ4n) is 2.05. The van der Waals surface area contributed by atoms with Crippen molar-refractivity contribution in [1.82, 2.24) is 14.8 Å². The van der Waals surface area contributed by atoms with Gasteiger partial charge in [0.25, 0.3) is 0 Å². The number of hydrogen-bond donors (Lipinski definition) is 1. The molecule has 0 saturated carbocycles. The normalized spacial score (nSPS) is 12.3. The molecule has 18 heavy (non-hydrogen) atoms. The first-order chi connectivity index (χ1) is 8.59. The molecule has 0 aliphatic rings. The summed E-state index contributed by atoms with van der Waals surface area (Å²) in [7, 11) is 0. The van der Waals surface area contributed by atoms with E-state index in [1.165, 1.54) is 0 Å². The van der Waals surface area contributed by atoms with E-state index >= 15 is 0 Å². The van der Waals surface area contributed by atoms with Crippen LogP contribution in [0.1, 0.15) is 23.3 Å². The maximum absolute atomic E-state index is 11.4. The maximum Gasteiger partial charge on any atom is 0.327 e. The molecule has 1 N–H and O–H groups in total. The van der Waals surface area contributed by atoms with E-state index in [4.69, 9.17) is 0 Å². The number of carboxylic acid groups (broad SMARTS) is 1. The van der Waals surface area contributed by atoms with Crippen molar-refractivity contribution in [3.8, 4) is 0 Å². The standard InChI is InChI=1S/C13H15N3O2/c1-9-14-15-10(2)16(9)12(13(17)18)8-11-6-4-3-5-7-11/h3-7,12H,8H2,1-2H3,(H,17,18). The van der Waals surface area contributed by atoms with Gasteiger partial charge < -0.3 is 9.67 Å². The Morgan fingerprint density at radius 3 is 2.28 bits per heavy atom. The first-order valence-corrected chi connectivity index (χ1v) is 5.74. The number of carbonyl (C=O) groups is 1. The zero-order valence-corrected chi connectivity index (χ0v) is 10.4. The molecule has 0 bridgehead atoms. The molecule has 0 radical (unpaired) electrons. The average Bonchev–Trinajstić information content (AvgIpc) is 2.67. The summed E-state index contributed by atoms with van der Waals surface area (Å²) in [6.45, 7) is 3.53. The smallest absolute Gasteiger partial charge is 0.327 e. The summed E-state index contributed by atoms with van der Waals surface area (Å²) >= 11 is 0. The van der Waals surface area contributed by atoms with Crippen LogP contribution in [0.3, 0.4) is 0 Å². The van der Waals surface area contributed by atoms with E-state index in [2.05, 4.69) is 10.2 Å². The van der Waals surface area contributed by atoms with Crippen LogP contribution in [0.25, 0.3) is 0 Å². The molecule has 0 fully saturated rings. The predicted octanol–water partition coefficient (Wildman–Crippen LogP) is 1.76. The number of hydrogen-bond acceptors (Lipinski definition) is 3. The third-order valence-electron chi connectivity index (χ3n) is 2.91. The minimum Gasteiger partial charge on any atom is -0.480 e. The lowest BCUT2D eigenvalue weighted by Crippen LogP contribution is -2.23. The number of aromatic nitrogens is 3. The molecule has 2 aromatic rings. The first-order valence-electron chi connectivity index (χ1n) is 5.74. The van der Waals surface area contributed by atoms with Crippen LogP contribution >= 0.6 is 0 Å². The second-order valence-corrected chi connectivity index (χ2v) is 4.21. The SMILES string of the molecule is Cc1nnc(C)n1C(Cc1ccccc1)C(=O)O. The van der Waals surface area contributed by atoms with Gasteiger partial charge in [-0.1, -0.05) is 30.3 Å². The van der Waals surface area contributed by atoms with Crippen molar-refractivity contribution in [1.29, 1.82) is 0 Å². The molecule has 0 aliphatic heterocycles. The number of aliphatic carboxylic acids is 1. The summed E-state index contributed by atoms with van der Waals surface area (Å²) in [5.74, 6) is 0.372. The van der Waals surface area contributed by atoms with Crippen molar-refractivity contribution in [3.63, 3.8) is 0 Å². The van der Waals surface area contributed by atoms with Crippen molar-refractivity contribution in [3.05, 3.63) is 47.5 Å². The molecule has 0 aliphatic carbocycles. The van der Waals surface area contributed by atoms with Crippen LogP contribution in [0.2, 0.25) is 0 Å². The van der Waals surface area contributed by atoms with Crippen LogP contribution in [0, 0.1) is 13.8 Å². The first kappa shape index (κ1) is 12.3.